The molecule has 0 atom stereocenters. The molecule has 11 nitrogen and oxygen atoms in total. The van der Waals surface area contributed by atoms with Crippen molar-refractivity contribution in [3.8, 4) is 11.5 Å². The maximum Gasteiger partial charge on any atom is 0.306 e. The van der Waals surface area contributed by atoms with Crippen molar-refractivity contribution in [3.05, 3.63) is 41.3 Å². The lowest BCUT2D eigenvalue weighted by molar-refractivity contribution is -0.143. The highest BCUT2D eigenvalue weighted by Crippen LogP contribution is 2.33. The first-order valence-corrected chi connectivity index (χ1v) is 11.3. The monoisotopic (exact) mass is 466 g/mol. The minimum absolute atomic E-state index is 0.0442. The van der Waals surface area contributed by atoms with Crippen molar-refractivity contribution in [2.45, 2.75) is 26.7 Å². The van der Waals surface area contributed by atoms with Gasteiger partial charge in [-0.05, 0) is 38.5 Å². The minimum Gasteiger partial charge on any atom is -0.466 e. The van der Waals surface area contributed by atoms with Crippen molar-refractivity contribution < 1.29 is 23.8 Å². The van der Waals surface area contributed by atoms with E-state index in [1.165, 1.54) is 6.33 Å². The molecule has 0 N–H and O–H groups in total. The summed E-state index contributed by atoms with van der Waals surface area (Å²) in [5.41, 5.74) is 2.31. The van der Waals surface area contributed by atoms with Gasteiger partial charge in [0.2, 0.25) is 6.79 Å². The van der Waals surface area contributed by atoms with Gasteiger partial charge >= 0.3 is 5.97 Å². The number of piperazine rings is 1. The smallest absolute Gasteiger partial charge is 0.306 e. The summed E-state index contributed by atoms with van der Waals surface area (Å²) in [6.45, 7) is 6.54. The fraction of sp³-hybridized carbons (Fsp3) is 0.435. The van der Waals surface area contributed by atoms with Crippen LogP contribution in [-0.4, -0.2) is 75.9 Å². The van der Waals surface area contributed by atoms with E-state index >= 15 is 0 Å². The van der Waals surface area contributed by atoms with E-state index in [1.54, 1.807) is 29.6 Å². The zero-order valence-electron chi connectivity index (χ0n) is 19.2. The van der Waals surface area contributed by atoms with E-state index < -0.39 is 0 Å². The molecular formula is C23H26N6O5. The van der Waals surface area contributed by atoms with Crippen LogP contribution >= 0.6 is 0 Å². The third-order valence-electron chi connectivity index (χ3n) is 6.08. The second-order valence-corrected chi connectivity index (χ2v) is 8.12. The Morgan fingerprint density at radius 2 is 1.91 bits per heavy atom. The van der Waals surface area contributed by atoms with E-state index in [0.717, 1.165) is 17.1 Å². The fourth-order valence-corrected chi connectivity index (χ4v) is 4.38. The summed E-state index contributed by atoms with van der Waals surface area (Å²) >= 11 is 0. The molecule has 1 amide bonds. The van der Waals surface area contributed by atoms with Gasteiger partial charge in [-0.1, -0.05) is 0 Å². The number of amides is 1. The number of rotatable bonds is 6. The average Bonchev–Trinajstić information content (AvgIpc) is 3.51. The van der Waals surface area contributed by atoms with Crippen LogP contribution in [0.25, 0.3) is 5.78 Å². The summed E-state index contributed by atoms with van der Waals surface area (Å²) < 4.78 is 17.6. The predicted octanol–water partition coefficient (Wildman–Crippen LogP) is 1.62. The molecule has 0 aliphatic carbocycles. The van der Waals surface area contributed by atoms with Crippen molar-refractivity contribution in [1.29, 1.82) is 0 Å². The molecule has 0 radical (unpaired) electrons. The van der Waals surface area contributed by atoms with Crippen LogP contribution < -0.4 is 14.4 Å². The van der Waals surface area contributed by atoms with Gasteiger partial charge in [0.25, 0.3) is 11.7 Å². The molecule has 1 aromatic carbocycles. The number of ether oxygens (including phenoxy) is 3. The molecule has 2 aliphatic heterocycles. The van der Waals surface area contributed by atoms with Crippen molar-refractivity contribution in [2.24, 2.45) is 0 Å². The molecule has 11 heteroatoms. The molecule has 2 aromatic heterocycles. The fourth-order valence-electron chi connectivity index (χ4n) is 4.38. The van der Waals surface area contributed by atoms with Crippen LogP contribution in [0.5, 0.6) is 11.5 Å². The lowest BCUT2D eigenvalue weighted by Gasteiger charge is -2.37. The molecule has 0 unspecified atom stereocenters. The number of hydrogen-bond acceptors (Lipinski definition) is 9. The predicted molar refractivity (Wildman–Crippen MR) is 121 cm³/mol. The second kappa shape index (κ2) is 9.16. The zero-order valence-corrected chi connectivity index (χ0v) is 19.2. The van der Waals surface area contributed by atoms with E-state index in [-0.39, 0.29) is 25.1 Å². The van der Waals surface area contributed by atoms with Crippen LogP contribution in [0.3, 0.4) is 0 Å². The largest absolute Gasteiger partial charge is 0.466 e. The molecule has 1 saturated heterocycles. The van der Waals surface area contributed by atoms with Crippen LogP contribution in [0.1, 0.15) is 35.0 Å². The van der Waals surface area contributed by atoms with Crippen molar-refractivity contribution >= 4 is 23.5 Å². The summed E-state index contributed by atoms with van der Waals surface area (Å²) in [7, 11) is 0. The standard InChI is InChI=1S/C23H26N6O5/c1-3-32-20(30)7-5-17-15(2)26-23-24-13-25-29(23)21(17)27-8-10-28(11-9-27)22(31)16-4-6-18-19(12-16)34-14-33-18/h4,6,12-13H,3,5,7-11,14H2,1-2H3. The van der Waals surface area contributed by atoms with Gasteiger partial charge < -0.3 is 24.0 Å². The van der Waals surface area contributed by atoms with Crippen molar-refractivity contribution in [2.75, 3.05) is 44.5 Å². The molecular weight excluding hydrogens is 440 g/mol. The highest BCUT2D eigenvalue weighted by molar-refractivity contribution is 5.95. The summed E-state index contributed by atoms with van der Waals surface area (Å²) in [6, 6.07) is 5.26. The average molecular weight is 466 g/mol. The first kappa shape index (κ1) is 21.9. The van der Waals surface area contributed by atoms with E-state index in [9.17, 15) is 9.59 Å². The van der Waals surface area contributed by atoms with Crippen LogP contribution in [0, 0.1) is 6.92 Å². The molecule has 34 heavy (non-hydrogen) atoms. The number of carbonyl (C=O) groups is 2. The Morgan fingerprint density at radius 1 is 1.12 bits per heavy atom. The van der Waals surface area contributed by atoms with Gasteiger partial charge in [-0.3, -0.25) is 9.59 Å². The Morgan fingerprint density at radius 3 is 2.71 bits per heavy atom. The van der Waals surface area contributed by atoms with Gasteiger partial charge in [0.15, 0.2) is 11.5 Å². The topological polar surface area (TPSA) is 111 Å². The molecule has 2 aliphatic rings. The number of aryl methyl sites for hydroxylation is 1. The number of nitrogens with zero attached hydrogens (tertiary/aromatic N) is 6. The van der Waals surface area contributed by atoms with E-state index in [4.69, 9.17) is 14.2 Å². The first-order chi connectivity index (χ1) is 16.5. The lowest BCUT2D eigenvalue weighted by Crippen LogP contribution is -2.49. The quantitative estimate of drug-likeness (QED) is 0.500. The van der Waals surface area contributed by atoms with Crippen LogP contribution in [-0.2, 0) is 16.0 Å². The van der Waals surface area contributed by atoms with E-state index in [2.05, 4.69) is 20.0 Å². The van der Waals surface area contributed by atoms with Crippen LogP contribution in [0.2, 0.25) is 0 Å². The lowest BCUT2D eigenvalue weighted by atomic mass is 10.1. The number of fused-ring (bicyclic) bond motifs is 2. The maximum atomic E-state index is 13.1. The van der Waals surface area contributed by atoms with Crippen molar-refractivity contribution in [1.82, 2.24) is 24.5 Å². The molecule has 0 bridgehead atoms. The molecule has 4 heterocycles. The van der Waals surface area contributed by atoms with Crippen LogP contribution in [0.15, 0.2) is 24.5 Å². The van der Waals surface area contributed by atoms with E-state index in [0.29, 0.717) is 62.0 Å². The summed E-state index contributed by atoms with van der Waals surface area (Å²) in [6.07, 6.45) is 2.21. The Bertz CT molecular complexity index is 1230. The van der Waals surface area contributed by atoms with Gasteiger partial charge in [0.1, 0.15) is 12.1 Å². The van der Waals surface area contributed by atoms with Crippen molar-refractivity contribution in [3.63, 3.8) is 0 Å². The van der Waals surface area contributed by atoms with Gasteiger partial charge in [0.05, 0.1) is 6.61 Å². The Labute approximate surface area is 196 Å². The number of esters is 1. The van der Waals surface area contributed by atoms with Gasteiger partial charge in [-0.2, -0.15) is 14.6 Å². The minimum atomic E-state index is -0.245. The van der Waals surface area contributed by atoms with Gasteiger partial charge in [-0.25, -0.2) is 4.98 Å². The maximum absolute atomic E-state index is 13.1. The molecule has 5 rings (SSSR count). The SMILES string of the molecule is CCOC(=O)CCc1c(C)nc2ncnn2c1N1CCN(C(=O)c2ccc3c(c2)OCO3)CC1. The summed E-state index contributed by atoms with van der Waals surface area (Å²) in [4.78, 5) is 37.9. The molecule has 0 saturated carbocycles. The van der Waals surface area contributed by atoms with Gasteiger partial charge in [0, 0.05) is 49.4 Å². The first-order valence-electron chi connectivity index (χ1n) is 11.3. The highest BCUT2D eigenvalue weighted by atomic mass is 16.7. The number of benzene rings is 1. The third-order valence-corrected chi connectivity index (χ3v) is 6.08. The number of aromatic nitrogens is 4. The van der Waals surface area contributed by atoms with Crippen LogP contribution in [0.4, 0.5) is 5.82 Å². The molecule has 178 valence electrons. The Balaban J connectivity index is 1.35. The second-order valence-electron chi connectivity index (χ2n) is 8.12. The molecule has 1 fully saturated rings. The van der Waals surface area contributed by atoms with Gasteiger partial charge in [-0.15, -0.1) is 0 Å². The summed E-state index contributed by atoms with van der Waals surface area (Å²) in [5.74, 6) is 2.33. The third kappa shape index (κ3) is 4.09. The molecule has 3 aromatic rings. The normalized spacial score (nSPS) is 15.1. The number of hydrogen-bond donors (Lipinski definition) is 0. The molecule has 0 spiro atoms. The van der Waals surface area contributed by atoms with E-state index in [1.807, 2.05) is 11.8 Å². The number of carbonyl (C=O) groups excluding carboxylic acids is 2. The zero-order chi connectivity index (χ0) is 23.7. The summed E-state index contributed by atoms with van der Waals surface area (Å²) in [5, 5.41) is 4.37. The Kier molecular flexibility index (Phi) is 5.91. The highest BCUT2D eigenvalue weighted by Gasteiger charge is 2.28. The number of anilines is 1. The Hall–Kier alpha value is -3.89.